The fraction of sp³-hybridized carbons (Fsp3) is 0.588. The number of carbonyl (C=O) groups is 1. The van der Waals surface area contributed by atoms with E-state index in [-0.39, 0.29) is 11.9 Å². The molecule has 2 rings (SSSR count). The lowest BCUT2D eigenvalue weighted by atomic mass is 9.79. The van der Waals surface area contributed by atoms with Crippen LogP contribution in [-0.4, -0.2) is 18.6 Å². The smallest absolute Gasteiger partial charge is 0.257 e. The Balaban J connectivity index is 2.10. The average molecular weight is 290 g/mol. The van der Waals surface area contributed by atoms with Crippen LogP contribution in [0.4, 0.5) is 5.69 Å². The van der Waals surface area contributed by atoms with E-state index in [1.54, 1.807) is 12.1 Å². The van der Waals surface area contributed by atoms with Gasteiger partial charge in [0, 0.05) is 11.7 Å². The lowest BCUT2D eigenvalue weighted by molar-refractivity contribution is 0.0908. The topological polar surface area (TPSA) is 64.3 Å². The zero-order chi connectivity index (χ0) is 15.4. The largest absolute Gasteiger partial charge is 0.493 e. The van der Waals surface area contributed by atoms with E-state index < -0.39 is 0 Å². The number of nitrogens with one attached hydrogen (secondary N) is 1. The number of amides is 1. The van der Waals surface area contributed by atoms with Gasteiger partial charge >= 0.3 is 0 Å². The molecule has 0 radical (unpaired) electrons. The molecule has 3 unspecified atom stereocenters. The summed E-state index contributed by atoms with van der Waals surface area (Å²) in [5, 5.41) is 3.13. The SMILES string of the molecule is CCOc1cccc(N)c1C(=O)NC1CCC(C)C(C)C1. The van der Waals surface area contributed by atoms with Crippen molar-refractivity contribution in [2.24, 2.45) is 11.8 Å². The van der Waals surface area contributed by atoms with Crippen molar-refractivity contribution in [1.82, 2.24) is 5.32 Å². The Morgan fingerprint density at radius 2 is 2.10 bits per heavy atom. The molecule has 3 atom stereocenters. The first-order valence-corrected chi connectivity index (χ1v) is 7.85. The normalized spacial score (nSPS) is 25.4. The summed E-state index contributed by atoms with van der Waals surface area (Å²) >= 11 is 0. The molecule has 1 amide bonds. The molecule has 1 aliphatic rings. The molecule has 0 aliphatic heterocycles. The van der Waals surface area contributed by atoms with Crippen LogP contribution in [0.25, 0.3) is 0 Å². The molecule has 1 fully saturated rings. The number of carbonyl (C=O) groups excluding carboxylic acids is 1. The molecular weight excluding hydrogens is 264 g/mol. The van der Waals surface area contributed by atoms with Crippen LogP contribution in [0.2, 0.25) is 0 Å². The van der Waals surface area contributed by atoms with Crippen LogP contribution in [0.1, 0.15) is 50.4 Å². The molecule has 3 N–H and O–H groups in total. The van der Waals surface area contributed by atoms with Gasteiger partial charge in [-0.3, -0.25) is 4.79 Å². The maximum absolute atomic E-state index is 12.5. The van der Waals surface area contributed by atoms with Crippen LogP contribution in [-0.2, 0) is 0 Å². The molecule has 4 heteroatoms. The highest BCUT2D eigenvalue weighted by molar-refractivity contribution is 6.02. The van der Waals surface area contributed by atoms with Crippen LogP contribution in [0, 0.1) is 11.8 Å². The highest BCUT2D eigenvalue weighted by Gasteiger charge is 2.27. The lowest BCUT2D eigenvalue weighted by Crippen LogP contribution is -2.40. The predicted molar refractivity (Wildman–Crippen MR) is 85.5 cm³/mol. The van der Waals surface area contributed by atoms with E-state index in [4.69, 9.17) is 10.5 Å². The molecular formula is C17H26N2O2. The fourth-order valence-electron chi connectivity index (χ4n) is 3.00. The van der Waals surface area contributed by atoms with Crippen molar-refractivity contribution in [3.8, 4) is 5.75 Å². The number of benzene rings is 1. The third-order valence-electron chi connectivity index (χ3n) is 4.52. The number of nitrogens with two attached hydrogens (primary N) is 1. The van der Waals surface area contributed by atoms with Gasteiger partial charge in [0.2, 0.25) is 0 Å². The van der Waals surface area contributed by atoms with Gasteiger partial charge in [-0.05, 0) is 50.2 Å². The fourth-order valence-corrected chi connectivity index (χ4v) is 3.00. The Morgan fingerprint density at radius 1 is 1.33 bits per heavy atom. The number of rotatable bonds is 4. The Kier molecular flexibility index (Phi) is 5.10. The van der Waals surface area contributed by atoms with Crippen molar-refractivity contribution in [1.29, 1.82) is 0 Å². The number of hydrogen-bond donors (Lipinski definition) is 2. The Hall–Kier alpha value is -1.71. The molecule has 0 heterocycles. The summed E-state index contributed by atoms with van der Waals surface area (Å²) in [5.74, 6) is 1.82. The molecule has 0 spiro atoms. The number of hydrogen-bond acceptors (Lipinski definition) is 3. The first kappa shape index (κ1) is 15.7. The summed E-state index contributed by atoms with van der Waals surface area (Å²) in [6, 6.07) is 5.57. The van der Waals surface area contributed by atoms with E-state index in [1.165, 1.54) is 0 Å². The summed E-state index contributed by atoms with van der Waals surface area (Å²) < 4.78 is 5.53. The minimum absolute atomic E-state index is 0.122. The Morgan fingerprint density at radius 3 is 2.76 bits per heavy atom. The second kappa shape index (κ2) is 6.83. The van der Waals surface area contributed by atoms with Crippen molar-refractivity contribution in [3.05, 3.63) is 23.8 Å². The summed E-state index contributed by atoms with van der Waals surface area (Å²) in [4.78, 5) is 12.5. The molecule has 0 bridgehead atoms. The Labute approximate surface area is 127 Å². The predicted octanol–water partition coefficient (Wildman–Crippen LogP) is 3.22. The molecule has 0 aromatic heterocycles. The third kappa shape index (κ3) is 3.69. The first-order chi connectivity index (χ1) is 10.0. The zero-order valence-corrected chi connectivity index (χ0v) is 13.2. The van der Waals surface area contributed by atoms with Crippen LogP contribution < -0.4 is 15.8 Å². The summed E-state index contributed by atoms with van der Waals surface area (Å²) in [6.07, 6.45) is 3.23. The van der Waals surface area contributed by atoms with Gasteiger partial charge in [0.15, 0.2) is 0 Å². The Bertz CT molecular complexity index is 502. The minimum Gasteiger partial charge on any atom is -0.493 e. The van der Waals surface area contributed by atoms with Crippen LogP contribution >= 0.6 is 0 Å². The van der Waals surface area contributed by atoms with E-state index in [1.807, 2.05) is 13.0 Å². The van der Waals surface area contributed by atoms with Gasteiger partial charge in [0.25, 0.3) is 5.91 Å². The van der Waals surface area contributed by atoms with Crippen molar-refractivity contribution in [2.45, 2.75) is 46.1 Å². The highest BCUT2D eigenvalue weighted by atomic mass is 16.5. The first-order valence-electron chi connectivity index (χ1n) is 7.85. The minimum atomic E-state index is -0.122. The van der Waals surface area contributed by atoms with E-state index in [0.29, 0.717) is 29.5 Å². The average Bonchev–Trinajstić information content (AvgIpc) is 2.43. The quantitative estimate of drug-likeness (QED) is 0.837. The van der Waals surface area contributed by atoms with E-state index >= 15 is 0 Å². The standard InChI is InChI=1S/C17H26N2O2/c1-4-21-15-7-5-6-14(18)16(15)17(20)19-13-9-8-11(2)12(3)10-13/h5-7,11-13H,4,8-10,18H2,1-3H3,(H,19,20). The van der Waals surface area contributed by atoms with Crippen molar-refractivity contribution >= 4 is 11.6 Å². The molecule has 21 heavy (non-hydrogen) atoms. The summed E-state index contributed by atoms with van der Waals surface area (Å²) in [7, 11) is 0. The highest BCUT2D eigenvalue weighted by Crippen LogP contribution is 2.30. The molecule has 1 aliphatic carbocycles. The van der Waals surface area contributed by atoms with Crippen molar-refractivity contribution < 1.29 is 9.53 Å². The molecule has 116 valence electrons. The van der Waals surface area contributed by atoms with Crippen LogP contribution in [0.3, 0.4) is 0 Å². The molecule has 1 aromatic carbocycles. The molecule has 4 nitrogen and oxygen atoms in total. The van der Waals surface area contributed by atoms with Gasteiger partial charge in [0.1, 0.15) is 11.3 Å². The van der Waals surface area contributed by atoms with E-state index in [9.17, 15) is 4.79 Å². The molecule has 1 aromatic rings. The van der Waals surface area contributed by atoms with Gasteiger partial charge in [-0.25, -0.2) is 0 Å². The maximum Gasteiger partial charge on any atom is 0.257 e. The maximum atomic E-state index is 12.5. The number of anilines is 1. The second-order valence-corrected chi connectivity index (χ2v) is 6.09. The monoisotopic (exact) mass is 290 g/mol. The summed E-state index contributed by atoms with van der Waals surface area (Å²) in [6.45, 7) is 6.95. The van der Waals surface area contributed by atoms with Gasteiger partial charge in [-0.15, -0.1) is 0 Å². The lowest BCUT2D eigenvalue weighted by Gasteiger charge is -2.32. The van der Waals surface area contributed by atoms with Gasteiger partial charge < -0.3 is 15.8 Å². The molecule has 0 saturated heterocycles. The zero-order valence-electron chi connectivity index (χ0n) is 13.2. The van der Waals surface area contributed by atoms with Gasteiger partial charge in [0.05, 0.1) is 6.61 Å². The van der Waals surface area contributed by atoms with Crippen LogP contribution in [0.15, 0.2) is 18.2 Å². The second-order valence-electron chi connectivity index (χ2n) is 6.09. The number of nitrogen functional groups attached to an aromatic ring is 1. The van der Waals surface area contributed by atoms with Crippen LogP contribution in [0.5, 0.6) is 5.75 Å². The van der Waals surface area contributed by atoms with E-state index in [0.717, 1.165) is 25.2 Å². The van der Waals surface area contributed by atoms with Gasteiger partial charge in [-0.1, -0.05) is 19.9 Å². The molecule has 1 saturated carbocycles. The van der Waals surface area contributed by atoms with Gasteiger partial charge in [-0.2, -0.15) is 0 Å². The number of ether oxygens (including phenoxy) is 1. The van der Waals surface area contributed by atoms with Crippen molar-refractivity contribution in [2.75, 3.05) is 12.3 Å². The van der Waals surface area contributed by atoms with Crippen molar-refractivity contribution in [3.63, 3.8) is 0 Å². The summed E-state index contributed by atoms with van der Waals surface area (Å²) in [5.41, 5.74) is 6.90. The third-order valence-corrected chi connectivity index (χ3v) is 4.52. The van der Waals surface area contributed by atoms with E-state index in [2.05, 4.69) is 19.2 Å².